The molecule has 0 radical (unpaired) electrons. The van der Waals surface area contributed by atoms with E-state index in [1.807, 2.05) is 4.90 Å². The number of terminal acetylenes is 1. The number of nitrogens with zero attached hydrogens (tertiary/aromatic N) is 2. The summed E-state index contributed by atoms with van der Waals surface area (Å²) in [7, 11) is 4.10. The average molecular weight is 256 g/mol. The fourth-order valence-electron chi connectivity index (χ4n) is 2.37. The highest BCUT2D eigenvalue weighted by molar-refractivity contribution is 5.79. The molecule has 1 aromatic carbocycles. The highest BCUT2D eigenvalue weighted by Gasteiger charge is 2.27. The van der Waals surface area contributed by atoms with Crippen LogP contribution in [0, 0.1) is 18.3 Å². The molecule has 0 aromatic heterocycles. The monoisotopic (exact) mass is 256 g/mol. The summed E-state index contributed by atoms with van der Waals surface area (Å²) in [6.07, 6.45) is 5.88. The molecule has 3 nitrogen and oxygen atoms in total. The van der Waals surface area contributed by atoms with Crippen LogP contribution in [0.1, 0.15) is 17.5 Å². The van der Waals surface area contributed by atoms with Crippen molar-refractivity contribution in [2.45, 2.75) is 19.5 Å². The summed E-state index contributed by atoms with van der Waals surface area (Å²) >= 11 is 0. The van der Waals surface area contributed by atoms with Crippen LogP contribution < -0.4 is 0 Å². The lowest BCUT2D eigenvalue weighted by Gasteiger charge is -2.16. The van der Waals surface area contributed by atoms with Crippen molar-refractivity contribution in [3.63, 3.8) is 0 Å². The summed E-state index contributed by atoms with van der Waals surface area (Å²) in [6.45, 7) is 2.29. The Bertz CT molecular complexity index is 484. The summed E-state index contributed by atoms with van der Waals surface area (Å²) in [5, 5.41) is 0. The number of hydrogen-bond acceptors (Lipinski definition) is 2. The largest absolute Gasteiger partial charge is 0.337 e. The Morgan fingerprint density at radius 1 is 1.32 bits per heavy atom. The Morgan fingerprint density at radius 2 is 1.95 bits per heavy atom. The van der Waals surface area contributed by atoms with Gasteiger partial charge < -0.3 is 9.80 Å². The first kappa shape index (κ1) is 13.6. The van der Waals surface area contributed by atoms with Gasteiger partial charge in [-0.05, 0) is 25.2 Å². The van der Waals surface area contributed by atoms with E-state index in [0.717, 1.165) is 12.1 Å². The number of carbonyl (C=O) groups is 1. The third-order valence-electron chi connectivity index (χ3n) is 3.35. The van der Waals surface area contributed by atoms with Gasteiger partial charge in [-0.3, -0.25) is 4.79 Å². The van der Waals surface area contributed by atoms with Crippen molar-refractivity contribution >= 4 is 5.91 Å². The van der Waals surface area contributed by atoms with E-state index in [9.17, 15) is 4.79 Å². The molecule has 2 rings (SSSR count). The van der Waals surface area contributed by atoms with E-state index in [2.05, 4.69) is 49.2 Å². The van der Waals surface area contributed by atoms with Gasteiger partial charge in [0.2, 0.25) is 5.91 Å². The molecular weight excluding hydrogens is 236 g/mol. The molecule has 1 heterocycles. The first-order valence-corrected chi connectivity index (χ1v) is 6.55. The van der Waals surface area contributed by atoms with E-state index in [-0.39, 0.29) is 11.8 Å². The van der Waals surface area contributed by atoms with Crippen molar-refractivity contribution in [1.29, 1.82) is 0 Å². The number of likely N-dealkylation sites (tertiary alicyclic amines) is 1. The molecule has 0 bridgehead atoms. The van der Waals surface area contributed by atoms with Crippen LogP contribution in [0.15, 0.2) is 24.3 Å². The van der Waals surface area contributed by atoms with Gasteiger partial charge in [-0.2, -0.15) is 0 Å². The van der Waals surface area contributed by atoms with E-state index >= 15 is 0 Å². The Labute approximate surface area is 115 Å². The maximum atomic E-state index is 11.8. The van der Waals surface area contributed by atoms with Gasteiger partial charge in [0.25, 0.3) is 0 Å². The third-order valence-corrected chi connectivity index (χ3v) is 3.35. The molecule has 1 amide bonds. The van der Waals surface area contributed by atoms with Gasteiger partial charge in [0.15, 0.2) is 0 Å². The third kappa shape index (κ3) is 3.59. The molecule has 19 heavy (non-hydrogen) atoms. The van der Waals surface area contributed by atoms with Gasteiger partial charge in [-0.15, -0.1) is 12.3 Å². The number of rotatable bonds is 4. The molecule has 1 atom stereocenters. The van der Waals surface area contributed by atoms with Crippen molar-refractivity contribution in [3.05, 3.63) is 35.4 Å². The Morgan fingerprint density at radius 3 is 2.47 bits per heavy atom. The maximum absolute atomic E-state index is 11.8. The summed E-state index contributed by atoms with van der Waals surface area (Å²) in [6, 6.07) is 8.42. The van der Waals surface area contributed by atoms with Crippen LogP contribution in [0.25, 0.3) is 0 Å². The second-order valence-corrected chi connectivity index (χ2v) is 5.40. The van der Waals surface area contributed by atoms with Crippen LogP contribution >= 0.6 is 0 Å². The van der Waals surface area contributed by atoms with E-state index in [0.29, 0.717) is 19.5 Å². The van der Waals surface area contributed by atoms with E-state index in [1.165, 1.54) is 5.56 Å². The number of benzene rings is 1. The molecule has 0 spiro atoms. The second kappa shape index (κ2) is 5.90. The van der Waals surface area contributed by atoms with Crippen LogP contribution in [-0.2, 0) is 17.9 Å². The zero-order valence-electron chi connectivity index (χ0n) is 11.6. The van der Waals surface area contributed by atoms with E-state index < -0.39 is 0 Å². The SMILES string of the molecule is C#CC1CC(=O)N(Cc2ccc(CN(C)C)cc2)C1. The summed E-state index contributed by atoms with van der Waals surface area (Å²) < 4.78 is 0. The first-order valence-electron chi connectivity index (χ1n) is 6.55. The summed E-state index contributed by atoms with van der Waals surface area (Å²) in [5.74, 6) is 2.92. The second-order valence-electron chi connectivity index (χ2n) is 5.40. The maximum Gasteiger partial charge on any atom is 0.224 e. The van der Waals surface area contributed by atoms with Gasteiger partial charge in [0, 0.05) is 32.0 Å². The minimum absolute atomic E-state index is 0.0838. The zero-order chi connectivity index (χ0) is 13.8. The van der Waals surface area contributed by atoms with E-state index in [1.54, 1.807) is 0 Å². The molecule has 1 unspecified atom stereocenters. The fourth-order valence-corrected chi connectivity index (χ4v) is 2.37. The van der Waals surface area contributed by atoms with E-state index in [4.69, 9.17) is 6.42 Å². The van der Waals surface area contributed by atoms with Gasteiger partial charge in [0.05, 0.1) is 0 Å². The number of carbonyl (C=O) groups excluding carboxylic acids is 1. The Balaban J connectivity index is 1.97. The van der Waals surface area contributed by atoms with Crippen molar-refractivity contribution in [1.82, 2.24) is 9.80 Å². The molecule has 0 aliphatic carbocycles. The van der Waals surface area contributed by atoms with Crippen molar-refractivity contribution in [2.24, 2.45) is 5.92 Å². The smallest absolute Gasteiger partial charge is 0.224 e. The summed E-state index contributed by atoms with van der Waals surface area (Å²) in [5.41, 5.74) is 2.44. The predicted octanol–water partition coefficient (Wildman–Crippen LogP) is 1.73. The number of hydrogen-bond donors (Lipinski definition) is 0. The van der Waals surface area contributed by atoms with Crippen LogP contribution in [0.2, 0.25) is 0 Å². The Kier molecular flexibility index (Phi) is 4.24. The zero-order valence-corrected chi connectivity index (χ0v) is 11.6. The molecule has 1 aromatic rings. The highest BCUT2D eigenvalue weighted by atomic mass is 16.2. The van der Waals surface area contributed by atoms with Crippen LogP contribution in [0.3, 0.4) is 0 Å². The molecule has 0 N–H and O–H groups in total. The topological polar surface area (TPSA) is 23.6 Å². The quantitative estimate of drug-likeness (QED) is 0.766. The van der Waals surface area contributed by atoms with Crippen molar-refractivity contribution in [3.8, 4) is 12.3 Å². The lowest BCUT2D eigenvalue weighted by Crippen LogP contribution is -2.24. The minimum atomic E-state index is 0.0838. The molecule has 1 saturated heterocycles. The Hall–Kier alpha value is -1.79. The molecular formula is C16H20N2O. The van der Waals surface area contributed by atoms with Gasteiger partial charge in [-0.1, -0.05) is 24.3 Å². The van der Waals surface area contributed by atoms with Crippen LogP contribution in [-0.4, -0.2) is 36.3 Å². The molecule has 100 valence electrons. The highest BCUT2D eigenvalue weighted by Crippen LogP contribution is 2.19. The average Bonchev–Trinajstić information content (AvgIpc) is 2.72. The van der Waals surface area contributed by atoms with Crippen molar-refractivity contribution < 1.29 is 4.79 Å². The molecule has 3 heteroatoms. The predicted molar refractivity (Wildman–Crippen MR) is 76.2 cm³/mol. The molecule has 0 saturated carbocycles. The van der Waals surface area contributed by atoms with Crippen LogP contribution in [0.4, 0.5) is 0 Å². The standard InChI is InChI=1S/C16H20N2O/c1-4-13-9-16(19)18(11-13)12-15-7-5-14(6-8-15)10-17(2)3/h1,5-8,13H,9-12H2,2-3H3. The lowest BCUT2D eigenvalue weighted by atomic mass is 10.1. The van der Waals surface area contributed by atoms with Gasteiger partial charge >= 0.3 is 0 Å². The van der Waals surface area contributed by atoms with Gasteiger partial charge in [-0.25, -0.2) is 0 Å². The van der Waals surface area contributed by atoms with Gasteiger partial charge in [0.1, 0.15) is 0 Å². The summed E-state index contributed by atoms with van der Waals surface area (Å²) in [4.78, 5) is 15.8. The van der Waals surface area contributed by atoms with Crippen LogP contribution in [0.5, 0.6) is 0 Å². The normalized spacial score (nSPS) is 18.9. The number of amides is 1. The molecule has 1 fully saturated rings. The molecule has 1 aliphatic rings. The molecule has 1 aliphatic heterocycles. The van der Waals surface area contributed by atoms with Crippen molar-refractivity contribution in [2.75, 3.05) is 20.6 Å². The first-order chi connectivity index (χ1) is 9.08. The lowest BCUT2D eigenvalue weighted by molar-refractivity contribution is -0.128. The minimum Gasteiger partial charge on any atom is -0.337 e. The fraction of sp³-hybridized carbons (Fsp3) is 0.438.